The Labute approximate surface area is 101 Å². The molecule has 0 bridgehead atoms. The van der Waals surface area contributed by atoms with Gasteiger partial charge < -0.3 is 4.90 Å². The largest absolute Gasteiger partial charge is 0.340 e. The van der Waals surface area contributed by atoms with Crippen LogP contribution in [0.1, 0.15) is 6.42 Å². The summed E-state index contributed by atoms with van der Waals surface area (Å²) in [4.78, 5) is 1.23. The average Bonchev–Trinajstić information content (AvgIpc) is 2.24. The van der Waals surface area contributed by atoms with Crippen molar-refractivity contribution in [3.05, 3.63) is 30.1 Å². The summed E-state index contributed by atoms with van der Waals surface area (Å²) in [7, 11) is 0.422. The first kappa shape index (κ1) is 14.1. The Kier molecular flexibility index (Phi) is 5.04. The van der Waals surface area contributed by atoms with Gasteiger partial charge in [-0.3, -0.25) is 0 Å². The highest BCUT2D eigenvalue weighted by Crippen LogP contribution is 2.09. The van der Waals surface area contributed by atoms with Gasteiger partial charge >= 0.3 is 0 Å². The maximum absolute atomic E-state index is 12.9. The summed E-state index contributed by atoms with van der Waals surface area (Å²) >= 11 is 0. The van der Waals surface area contributed by atoms with Crippen LogP contribution in [0.25, 0.3) is 0 Å². The third kappa shape index (κ3) is 4.80. The lowest BCUT2D eigenvalue weighted by molar-refractivity contribution is -0.858. The van der Waals surface area contributed by atoms with Gasteiger partial charge in [0.2, 0.25) is 10.0 Å². The Balaban J connectivity index is 2.57. The number of halogens is 1. The Morgan fingerprint density at radius 1 is 1.35 bits per heavy atom. The van der Waals surface area contributed by atoms with Gasteiger partial charge in [-0.1, -0.05) is 6.07 Å². The van der Waals surface area contributed by atoms with Gasteiger partial charge in [-0.2, -0.15) is 0 Å². The first-order chi connectivity index (χ1) is 7.92. The molecule has 1 aromatic rings. The molecule has 0 fully saturated rings. The van der Waals surface area contributed by atoms with Crippen molar-refractivity contribution in [2.75, 3.05) is 27.2 Å². The number of rotatable bonds is 6. The van der Waals surface area contributed by atoms with E-state index in [9.17, 15) is 12.8 Å². The fourth-order valence-electron chi connectivity index (χ4n) is 1.37. The Morgan fingerprint density at radius 3 is 2.65 bits per heavy atom. The Morgan fingerprint density at radius 2 is 2.06 bits per heavy atom. The van der Waals surface area contributed by atoms with Crippen LogP contribution in [-0.4, -0.2) is 35.6 Å². The minimum Gasteiger partial charge on any atom is -0.340 e. The second-order valence-corrected chi connectivity index (χ2v) is 5.93. The van der Waals surface area contributed by atoms with Gasteiger partial charge in [-0.05, 0) is 18.2 Å². The van der Waals surface area contributed by atoms with Gasteiger partial charge in [-0.25, -0.2) is 17.5 Å². The molecule has 0 aliphatic carbocycles. The van der Waals surface area contributed by atoms with Crippen LogP contribution in [0.2, 0.25) is 0 Å². The summed E-state index contributed by atoms with van der Waals surface area (Å²) in [6, 6.07) is 4.99. The van der Waals surface area contributed by atoms with Crippen molar-refractivity contribution in [3.63, 3.8) is 0 Å². The van der Waals surface area contributed by atoms with E-state index in [0.29, 0.717) is 6.54 Å². The predicted octanol–water partition coefficient (Wildman–Crippen LogP) is -0.361. The van der Waals surface area contributed by atoms with E-state index in [2.05, 4.69) is 4.72 Å². The molecule has 1 rings (SSSR count). The van der Waals surface area contributed by atoms with Crippen LogP contribution < -0.4 is 9.62 Å². The zero-order chi connectivity index (χ0) is 12.9. The van der Waals surface area contributed by atoms with Crippen molar-refractivity contribution in [1.82, 2.24) is 4.72 Å². The first-order valence-corrected chi connectivity index (χ1v) is 6.94. The SMILES string of the molecule is C[NH+](C)CCCNS(=O)(=O)c1cccc(F)c1. The zero-order valence-corrected chi connectivity index (χ0v) is 10.8. The van der Waals surface area contributed by atoms with E-state index < -0.39 is 15.8 Å². The number of sulfonamides is 1. The van der Waals surface area contributed by atoms with E-state index in [-0.39, 0.29) is 4.90 Å². The highest BCUT2D eigenvalue weighted by Gasteiger charge is 2.13. The molecule has 2 N–H and O–H groups in total. The van der Waals surface area contributed by atoms with E-state index >= 15 is 0 Å². The molecule has 0 saturated heterocycles. The lowest BCUT2D eigenvalue weighted by Gasteiger charge is -2.08. The molecule has 0 saturated carbocycles. The number of nitrogens with one attached hydrogen (secondary N) is 2. The van der Waals surface area contributed by atoms with Crippen molar-refractivity contribution in [3.8, 4) is 0 Å². The quantitative estimate of drug-likeness (QED) is 0.687. The maximum atomic E-state index is 12.9. The Hall–Kier alpha value is -0.980. The van der Waals surface area contributed by atoms with E-state index in [1.54, 1.807) is 0 Å². The third-order valence-corrected chi connectivity index (χ3v) is 3.71. The minimum atomic E-state index is -3.58. The van der Waals surface area contributed by atoms with Crippen molar-refractivity contribution in [2.45, 2.75) is 11.3 Å². The van der Waals surface area contributed by atoms with Crippen molar-refractivity contribution >= 4 is 10.0 Å². The number of hydrogen-bond acceptors (Lipinski definition) is 2. The molecule has 96 valence electrons. The molecule has 0 atom stereocenters. The molecule has 4 nitrogen and oxygen atoms in total. The first-order valence-electron chi connectivity index (χ1n) is 5.46. The second kappa shape index (κ2) is 6.09. The van der Waals surface area contributed by atoms with Crippen molar-refractivity contribution in [1.29, 1.82) is 0 Å². The molecule has 0 amide bonds. The van der Waals surface area contributed by atoms with Crippen LogP contribution in [0.15, 0.2) is 29.2 Å². The molecular weight excluding hydrogens is 243 g/mol. The summed E-state index contributed by atoms with van der Waals surface area (Å²) < 4.78 is 38.8. The van der Waals surface area contributed by atoms with E-state index in [1.807, 2.05) is 14.1 Å². The van der Waals surface area contributed by atoms with Crippen LogP contribution in [0.4, 0.5) is 4.39 Å². The van der Waals surface area contributed by atoms with Crippen LogP contribution in [0.5, 0.6) is 0 Å². The number of benzene rings is 1. The van der Waals surface area contributed by atoms with Crippen LogP contribution >= 0.6 is 0 Å². The van der Waals surface area contributed by atoms with Gasteiger partial charge in [0.05, 0.1) is 25.5 Å². The smallest absolute Gasteiger partial charge is 0.240 e. The van der Waals surface area contributed by atoms with Crippen molar-refractivity contribution < 1.29 is 17.7 Å². The van der Waals surface area contributed by atoms with Gasteiger partial charge in [0.25, 0.3) is 0 Å². The fourth-order valence-corrected chi connectivity index (χ4v) is 2.47. The van der Waals surface area contributed by atoms with Gasteiger partial charge in [0, 0.05) is 13.0 Å². The molecule has 0 radical (unpaired) electrons. The topological polar surface area (TPSA) is 50.6 Å². The van der Waals surface area contributed by atoms with Gasteiger partial charge in [0.15, 0.2) is 0 Å². The maximum Gasteiger partial charge on any atom is 0.240 e. The monoisotopic (exact) mass is 261 g/mol. The summed E-state index contributed by atoms with van der Waals surface area (Å²) in [6.07, 6.45) is 0.747. The van der Waals surface area contributed by atoms with Gasteiger partial charge in [0.1, 0.15) is 5.82 Å². The standard InChI is InChI=1S/C11H17FN2O2S/c1-14(2)8-4-7-13-17(15,16)11-6-3-5-10(12)9-11/h3,5-6,9,13H,4,7-8H2,1-2H3/p+1. The number of quaternary nitrogens is 1. The van der Waals surface area contributed by atoms with Gasteiger partial charge in [-0.15, -0.1) is 0 Å². The molecule has 1 aromatic carbocycles. The molecule has 0 aromatic heterocycles. The van der Waals surface area contributed by atoms with E-state index in [0.717, 1.165) is 19.0 Å². The summed E-state index contributed by atoms with van der Waals surface area (Å²) in [5.74, 6) is -0.550. The number of hydrogen-bond donors (Lipinski definition) is 2. The molecule has 0 aliphatic rings. The third-order valence-electron chi connectivity index (χ3n) is 2.25. The lowest BCUT2D eigenvalue weighted by atomic mass is 10.4. The van der Waals surface area contributed by atoms with Crippen LogP contribution in [0, 0.1) is 5.82 Å². The summed E-state index contributed by atoms with van der Waals surface area (Å²) in [5.41, 5.74) is 0. The molecule has 17 heavy (non-hydrogen) atoms. The molecule has 0 unspecified atom stereocenters. The molecular formula is C11H18FN2O2S+. The predicted molar refractivity (Wildman–Crippen MR) is 63.9 cm³/mol. The zero-order valence-electron chi connectivity index (χ0n) is 10.0. The lowest BCUT2D eigenvalue weighted by Crippen LogP contribution is -3.05. The van der Waals surface area contributed by atoms with E-state index in [1.165, 1.54) is 23.1 Å². The van der Waals surface area contributed by atoms with Crippen LogP contribution in [0.3, 0.4) is 0 Å². The molecule has 0 heterocycles. The second-order valence-electron chi connectivity index (χ2n) is 4.17. The normalized spacial score (nSPS) is 12.0. The minimum absolute atomic E-state index is 0.0327. The highest BCUT2D eigenvalue weighted by atomic mass is 32.2. The van der Waals surface area contributed by atoms with Crippen molar-refractivity contribution in [2.24, 2.45) is 0 Å². The van der Waals surface area contributed by atoms with E-state index in [4.69, 9.17) is 0 Å². The van der Waals surface area contributed by atoms with Crippen LogP contribution in [-0.2, 0) is 10.0 Å². The Bertz CT molecular complexity index is 460. The average molecular weight is 261 g/mol. The highest BCUT2D eigenvalue weighted by molar-refractivity contribution is 7.89. The molecule has 0 spiro atoms. The summed E-state index contributed by atoms with van der Waals surface area (Å²) in [6.45, 7) is 1.25. The molecule has 6 heteroatoms. The molecule has 0 aliphatic heterocycles. The summed E-state index contributed by atoms with van der Waals surface area (Å²) in [5, 5.41) is 0. The fraction of sp³-hybridized carbons (Fsp3) is 0.455.